The molecule has 2 N–H and O–H groups in total. The molecule has 0 spiro atoms. The van der Waals surface area contributed by atoms with Crippen LogP contribution in [-0.4, -0.2) is 31.0 Å². The van der Waals surface area contributed by atoms with E-state index in [-0.39, 0.29) is 16.8 Å². The van der Waals surface area contributed by atoms with Crippen LogP contribution in [0.3, 0.4) is 0 Å². The highest BCUT2D eigenvalue weighted by molar-refractivity contribution is 6.35. The van der Waals surface area contributed by atoms with E-state index in [1.165, 1.54) is 31.4 Å². The van der Waals surface area contributed by atoms with Crippen molar-refractivity contribution in [1.29, 1.82) is 0 Å². The van der Waals surface area contributed by atoms with Crippen LogP contribution in [0.2, 0.25) is 10.0 Å². The normalized spacial score (nSPS) is 11.3. The number of hydrogen-bond donors (Lipinski definition) is 2. The van der Waals surface area contributed by atoms with E-state index in [1.54, 1.807) is 43.3 Å². The predicted molar refractivity (Wildman–Crippen MR) is 127 cm³/mol. The smallest absolute Gasteiger partial charge is 0.339 e. The van der Waals surface area contributed by atoms with Crippen LogP contribution in [0.1, 0.15) is 27.6 Å². The van der Waals surface area contributed by atoms with Crippen molar-refractivity contribution in [2.75, 3.05) is 17.7 Å². The average molecular weight is 487 g/mol. The lowest BCUT2D eigenvalue weighted by atomic mass is 10.1. The number of ether oxygens (including phenoxy) is 2. The topological polar surface area (TPSA) is 93.7 Å². The van der Waals surface area contributed by atoms with Gasteiger partial charge < -0.3 is 20.1 Å². The zero-order valence-corrected chi connectivity index (χ0v) is 19.2. The number of methoxy groups -OCH3 is 1. The average Bonchev–Trinajstić information content (AvgIpc) is 2.81. The number of carbonyl (C=O) groups is 3. The van der Waals surface area contributed by atoms with Gasteiger partial charge in [-0.15, -0.1) is 0 Å². The van der Waals surface area contributed by atoms with E-state index < -0.39 is 23.9 Å². The van der Waals surface area contributed by atoms with Crippen molar-refractivity contribution < 1.29 is 23.9 Å². The summed E-state index contributed by atoms with van der Waals surface area (Å²) in [4.78, 5) is 37.7. The zero-order chi connectivity index (χ0) is 24.0. The largest absolute Gasteiger partial charge is 0.481 e. The summed E-state index contributed by atoms with van der Waals surface area (Å²) >= 11 is 12.1. The minimum atomic E-state index is -0.874. The van der Waals surface area contributed by atoms with Crippen LogP contribution in [0.25, 0.3) is 0 Å². The van der Waals surface area contributed by atoms with Gasteiger partial charge >= 0.3 is 5.97 Å². The van der Waals surface area contributed by atoms with E-state index in [0.717, 1.165) is 0 Å². The first-order chi connectivity index (χ1) is 15.8. The molecule has 0 fully saturated rings. The number of carbonyl (C=O) groups excluding carboxylic acids is 3. The monoisotopic (exact) mass is 486 g/mol. The third-order valence-corrected chi connectivity index (χ3v) is 5.11. The summed E-state index contributed by atoms with van der Waals surface area (Å²) in [5.41, 5.74) is 0.669. The third kappa shape index (κ3) is 6.25. The van der Waals surface area contributed by atoms with Gasteiger partial charge in [-0.25, -0.2) is 4.79 Å². The van der Waals surface area contributed by atoms with Crippen molar-refractivity contribution in [3.8, 4) is 5.75 Å². The molecule has 3 aromatic rings. The molecule has 33 heavy (non-hydrogen) atoms. The SMILES string of the molecule is COC(=O)c1ccc(C(=O)Nc2cc(Cl)ccc2Cl)cc1NC(=O)[C@H](C)Oc1ccccc1. The third-order valence-electron chi connectivity index (χ3n) is 4.55. The van der Waals surface area contributed by atoms with Crippen molar-refractivity contribution in [1.82, 2.24) is 0 Å². The Balaban J connectivity index is 1.83. The summed E-state index contributed by atoms with van der Waals surface area (Å²) in [6, 6.07) is 17.7. The molecule has 3 aromatic carbocycles. The van der Waals surface area contributed by atoms with Gasteiger partial charge in [0.25, 0.3) is 11.8 Å². The number of amides is 2. The van der Waals surface area contributed by atoms with E-state index in [9.17, 15) is 14.4 Å². The van der Waals surface area contributed by atoms with Crippen molar-refractivity contribution >= 4 is 52.4 Å². The van der Waals surface area contributed by atoms with E-state index in [2.05, 4.69) is 10.6 Å². The number of esters is 1. The van der Waals surface area contributed by atoms with Crippen LogP contribution in [0.4, 0.5) is 11.4 Å². The molecule has 9 heteroatoms. The number of hydrogen-bond acceptors (Lipinski definition) is 5. The fraction of sp³-hybridized carbons (Fsp3) is 0.125. The number of halogens is 2. The van der Waals surface area contributed by atoms with E-state index in [4.69, 9.17) is 32.7 Å². The van der Waals surface area contributed by atoms with Gasteiger partial charge in [0.2, 0.25) is 0 Å². The Morgan fingerprint density at radius 1 is 0.879 bits per heavy atom. The molecule has 0 radical (unpaired) electrons. The second kappa shape index (κ2) is 10.8. The van der Waals surface area contributed by atoms with Crippen molar-refractivity contribution in [3.63, 3.8) is 0 Å². The summed E-state index contributed by atoms with van der Waals surface area (Å²) in [5, 5.41) is 5.99. The first-order valence-electron chi connectivity index (χ1n) is 9.80. The van der Waals surface area contributed by atoms with E-state index in [1.807, 2.05) is 6.07 Å². The van der Waals surface area contributed by atoms with Gasteiger partial charge in [0.15, 0.2) is 6.10 Å². The number of benzene rings is 3. The second-order valence-electron chi connectivity index (χ2n) is 6.89. The first kappa shape index (κ1) is 24.1. The molecule has 0 saturated carbocycles. The van der Waals surface area contributed by atoms with E-state index >= 15 is 0 Å². The fourth-order valence-electron chi connectivity index (χ4n) is 2.86. The highest BCUT2D eigenvalue weighted by Gasteiger charge is 2.21. The van der Waals surface area contributed by atoms with E-state index in [0.29, 0.717) is 21.5 Å². The molecule has 1 atom stereocenters. The molecule has 0 aliphatic rings. The summed E-state index contributed by atoms with van der Waals surface area (Å²) < 4.78 is 10.4. The van der Waals surface area contributed by atoms with Gasteiger partial charge in [0, 0.05) is 10.6 Å². The van der Waals surface area contributed by atoms with Crippen molar-refractivity contribution in [2.45, 2.75) is 13.0 Å². The van der Waals surface area contributed by atoms with Crippen molar-refractivity contribution in [3.05, 3.63) is 87.9 Å². The van der Waals surface area contributed by atoms with Crippen LogP contribution in [0.15, 0.2) is 66.7 Å². The predicted octanol–water partition coefficient (Wildman–Crippen LogP) is 5.44. The lowest BCUT2D eigenvalue weighted by Crippen LogP contribution is -2.31. The second-order valence-corrected chi connectivity index (χ2v) is 7.74. The molecule has 2 amide bonds. The van der Waals surface area contributed by atoms with Gasteiger partial charge in [0.1, 0.15) is 5.75 Å². The molecule has 3 rings (SSSR count). The molecule has 7 nitrogen and oxygen atoms in total. The maximum atomic E-state index is 12.8. The number of para-hydroxylation sites is 1. The molecule has 170 valence electrons. The summed E-state index contributed by atoms with van der Waals surface area (Å²) in [5.74, 6) is -1.19. The number of rotatable bonds is 7. The number of anilines is 2. The molecule has 0 aromatic heterocycles. The Labute approximate surface area is 200 Å². The molecule has 0 aliphatic heterocycles. The Morgan fingerprint density at radius 3 is 2.30 bits per heavy atom. The van der Waals surface area contributed by atoms with Gasteiger partial charge in [0.05, 0.1) is 29.1 Å². The van der Waals surface area contributed by atoms with Crippen LogP contribution in [-0.2, 0) is 9.53 Å². The first-order valence-corrected chi connectivity index (χ1v) is 10.6. The highest BCUT2D eigenvalue weighted by Crippen LogP contribution is 2.27. The van der Waals surface area contributed by atoms with Gasteiger partial charge in [-0.05, 0) is 55.5 Å². The van der Waals surface area contributed by atoms with Gasteiger partial charge in [-0.2, -0.15) is 0 Å². The summed E-state index contributed by atoms with van der Waals surface area (Å²) in [7, 11) is 1.22. The van der Waals surface area contributed by atoms with Crippen LogP contribution < -0.4 is 15.4 Å². The lowest BCUT2D eigenvalue weighted by molar-refractivity contribution is -0.122. The van der Waals surface area contributed by atoms with Crippen LogP contribution >= 0.6 is 23.2 Å². The summed E-state index contributed by atoms with van der Waals surface area (Å²) in [6.07, 6.45) is -0.874. The number of nitrogens with one attached hydrogen (secondary N) is 2. The standard InChI is InChI=1S/C24H20Cl2N2O5/c1-14(33-17-6-4-3-5-7-17)22(29)27-20-12-15(8-10-18(20)24(31)32-2)23(30)28-21-13-16(25)9-11-19(21)26/h3-14H,1-2H3,(H,27,29)(H,28,30)/t14-/m0/s1. The maximum absolute atomic E-state index is 12.8. The molecule has 0 saturated heterocycles. The summed E-state index contributed by atoms with van der Waals surface area (Å²) in [6.45, 7) is 1.57. The molecule has 0 heterocycles. The fourth-order valence-corrected chi connectivity index (χ4v) is 3.19. The van der Waals surface area contributed by atoms with Gasteiger partial charge in [-0.1, -0.05) is 41.4 Å². The highest BCUT2D eigenvalue weighted by atomic mass is 35.5. The minimum Gasteiger partial charge on any atom is -0.481 e. The Bertz CT molecular complexity index is 1180. The maximum Gasteiger partial charge on any atom is 0.339 e. The molecule has 0 unspecified atom stereocenters. The van der Waals surface area contributed by atoms with Crippen LogP contribution in [0.5, 0.6) is 5.75 Å². The molecular weight excluding hydrogens is 467 g/mol. The lowest BCUT2D eigenvalue weighted by Gasteiger charge is -2.17. The molecule has 0 aliphatic carbocycles. The van der Waals surface area contributed by atoms with Crippen LogP contribution in [0, 0.1) is 0 Å². The molecular formula is C24H20Cl2N2O5. The Hall–Kier alpha value is -3.55. The Morgan fingerprint density at radius 2 is 1.61 bits per heavy atom. The molecule has 0 bridgehead atoms. The zero-order valence-electron chi connectivity index (χ0n) is 17.7. The van der Waals surface area contributed by atoms with Gasteiger partial charge in [-0.3, -0.25) is 9.59 Å². The van der Waals surface area contributed by atoms with Crippen molar-refractivity contribution in [2.24, 2.45) is 0 Å². The quantitative estimate of drug-likeness (QED) is 0.433. The minimum absolute atomic E-state index is 0.0788. The Kier molecular flexibility index (Phi) is 7.92.